The van der Waals surface area contributed by atoms with Crippen molar-refractivity contribution in [2.75, 3.05) is 7.05 Å². The summed E-state index contributed by atoms with van der Waals surface area (Å²) in [5.74, 6) is -0.232. The first kappa shape index (κ1) is 14.1. The molecule has 0 unspecified atom stereocenters. The Morgan fingerprint density at radius 2 is 1.90 bits per heavy atom. The number of hydrogen-bond donors (Lipinski definition) is 1. The normalized spacial score (nSPS) is 10.2. The van der Waals surface area contributed by atoms with Crippen LogP contribution in [-0.4, -0.2) is 13.0 Å². The van der Waals surface area contributed by atoms with Gasteiger partial charge in [-0.05, 0) is 42.3 Å². The highest BCUT2D eigenvalue weighted by atomic mass is 19.1. The van der Waals surface area contributed by atoms with E-state index in [1.54, 1.807) is 12.1 Å². The predicted molar refractivity (Wildman–Crippen MR) is 75.7 cm³/mol. The summed E-state index contributed by atoms with van der Waals surface area (Å²) in [6.07, 6.45) is 0.940. The lowest BCUT2D eigenvalue weighted by Crippen LogP contribution is -2.17. The third-order valence-corrected chi connectivity index (χ3v) is 2.98. The summed E-state index contributed by atoms with van der Waals surface area (Å²) in [7, 11) is 1.50. The molecule has 2 aromatic rings. The third-order valence-electron chi connectivity index (χ3n) is 2.98. The van der Waals surface area contributed by atoms with E-state index in [1.165, 1.54) is 24.7 Å². The van der Waals surface area contributed by atoms with Crippen LogP contribution in [0.25, 0.3) is 0 Å². The number of hydrogen-bond acceptors (Lipinski definition) is 2. The highest BCUT2D eigenvalue weighted by Crippen LogP contribution is 2.25. The number of benzene rings is 2. The Labute approximate surface area is 117 Å². The van der Waals surface area contributed by atoms with Crippen molar-refractivity contribution in [2.45, 2.75) is 13.3 Å². The number of amides is 1. The van der Waals surface area contributed by atoms with E-state index in [0.29, 0.717) is 5.75 Å². The van der Waals surface area contributed by atoms with Crippen molar-refractivity contribution in [1.82, 2.24) is 5.32 Å². The molecule has 2 aromatic carbocycles. The highest BCUT2D eigenvalue weighted by molar-refractivity contribution is 5.94. The van der Waals surface area contributed by atoms with Crippen molar-refractivity contribution in [3.8, 4) is 11.5 Å². The van der Waals surface area contributed by atoms with Crippen LogP contribution in [-0.2, 0) is 6.42 Å². The molecule has 0 aromatic heterocycles. The zero-order valence-corrected chi connectivity index (χ0v) is 11.4. The van der Waals surface area contributed by atoms with Gasteiger partial charge in [0.2, 0.25) is 0 Å². The molecule has 1 N–H and O–H groups in total. The van der Waals surface area contributed by atoms with Crippen LogP contribution < -0.4 is 10.1 Å². The first-order valence-electron chi connectivity index (χ1n) is 6.42. The van der Waals surface area contributed by atoms with Crippen LogP contribution in [0.5, 0.6) is 11.5 Å². The van der Waals surface area contributed by atoms with Gasteiger partial charge in [-0.25, -0.2) is 4.39 Å². The summed E-state index contributed by atoms with van der Waals surface area (Å²) >= 11 is 0. The van der Waals surface area contributed by atoms with Crippen molar-refractivity contribution in [3.63, 3.8) is 0 Å². The molecule has 1 amide bonds. The maximum atomic E-state index is 13.9. The number of carbonyl (C=O) groups excluding carboxylic acids is 1. The van der Waals surface area contributed by atoms with Crippen molar-refractivity contribution in [3.05, 3.63) is 59.4 Å². The van der Waals surface area contributed by atoms with E-state index in [-0.39, 0.29) is 17.2 Å². The maximum absolute atomic E-state index is 13.9. The van der Waals surface area contributed by atoms with Crippen LogP contribution in [0.2, 0.25) is 0 Å². The Hall–Kier alpha value is -2.36. The molecule has 0 saturated heterocycles. The third kappa shape index (κ3) is 3.15. The molecular formula is C16H16FNO2. The minimum absolute atomic E-state index is 0.0990. The summed E-state index contributed by atoms with van der Waals surface area (Å²) in [4.78, 5) is 11.4. The Balaban J connectivity index is 2.18. The van der Waals surface area contributed by atoms with E-state index < -0.39 is 5.82 Å². The van der Waals surface area contributed by atoms with Crippen LogP contribution in [0.1, 0.15) is 22.8 Å². The fourth-order valence-corrected chi connectivity index (χ4v) is 1.79. The van der Waals surface area contributed by atoms with Crippen LogP contribution in [0, 0.1) is 5.82 Å². The molecule has 4 heteroatoms. The van der Waals surface area contributed by atoms with Gasteiger partial charge in [-0.1, -0.05) is 19.1 Å². The van der Waals surface area contributed by atoms with Gasteiger partial charge in [0.15, 0.2) is 11.6 Å². The van der Waals surface area contributed by atoms with Crippen LogP contribution in [0.15, 0.2) is 42.5 Å². The zero-order valence-electron chi connectivity index (χ0n) is 11.4. The minimum atomic E-state index is -0.564. The maximum Gasteiger partial charge on any atom is 0.251 e. The molecule has 0 heterocycles. The summed E-state index contributed by atoms with van der Waals surface area (Å²) in [5, 5.41) is 2.44. The molecule has 0 radical (unpaired) electrons. The van der Waals surface area contributed by atoms with Gasteiger partial charge in [0.05, 0.1) is 0 Å². The quantitative estimate of drug-likeness (QED) is 0.925. The van der Waals surface area contributed by atoms with Crippen LogP contribution >= 0.6 is 0 Å². The second-order valence-corrected chi connectivity index (χ2v) is 4.32. The zero-order chi connectivity index (χ0) is 14.5. The van der Waals surface area contributed by atoms with Gasteiger partial charge in [-0.2, -0.15) is 0 Å². The molecule has 0 saturated carbocycles. The van der Waals surface area contributed by atoms with Crippen LogP contribution in [0.4, 0.5) is 4.39 Å². The van der Waals surface area contributed by atoms with Gasteiger partial charge in [0.25, 0.3) is 5.91 Å². The molecule has 0 aliphatic carbocycles. The van der Waals surface area contributed by atoms with Gasteiger partial charge < -0.3 is 10.1 Å². The molecule has 0 fully saturated rings. The summed E-state index contributed by atoms with van der Waals surface area (Å²) in [6.45, 7) is 2.06. The van der Waals surface area contributed by atoms with E-state index in [9.17, 15) is 9.18 Å². The number of ether oxygens (including phenoxy) is 1. The summed E-state index contributed by atoms with van der Waals surface area (Å²) < 4.78 is 19.3. The average molecular weight is 273 g/mol. The Morgan fingerprint density at radius 1 is 1.20 bits per heavy atom. The lowest BCUT2D eigenvalue weighted by molar-refractivity contribution is 0.0962. The summed E-state index contributed by atoms with van der Waals surface area (Å²) in [5.41, 5.74) is 1.45. The van der Waals surface area contributed by atoms with E-state index in [2.05, 4.69) is 12.2 Å². The van der Waals surface area contributed by atoms with Crippen molar-refractivity contribution in [2.24, 2.45) is 0 Å². The lowest BCUT2D eigenvalue weighted by atomic mass is 10.1. The van der Waals surface area contributed by atoms with Crippen molar-refractivity contribution >= 4 is 5.91 Å². The fraction of sp³-hybridized carbons (Fsp3) is 0.188. The van der Waals surface area contributed by atoms with E-state index >= 15 is 0 Å². The van der Waals surface area contributed by atoms with Gasteiger partial charge >= 0.3 is 0 Å². The number of nitrogens with one attached hydrogen (secondary N) is 1. The van der Waals surface area contributed by atoms with Gasteiger partial charge in [0, 0.05) is 12.6 Å². The predicted octanol–water partition coefficient (Wildman–Crippen LogP) is 3.54. The molecular weight excluding hydrogens is 257 g/mol. The van der Waals surface area contributed by atoms with E-state index in [4.69, 9.17) is 4.74 Å². The number of aryl methyl sites for hydroxylation is 1. The van der Waals surface area contributed by atoms with E-state index in [0.717, 1.165) is 12.5 Å². The first-order valence-corrected chi connectivity index (χ1v) is 6.42. The van der Waals surface area contributed by atoms with Gasteiger partial charge in [0.1, 0.15) is 5.75 Å². The number of halogens is 1. The lowest BCUT2D eigenvalue weighted by Gasteiger charge is -2.08. The molecule has 0 atom stereocenters. The minimum Gasteiger partial charge on any atom is -0.454 e. The largest absolute Gasteiger partial charge is 0.454 e. The average Bonchev–Trinajstić information content (AvgIpc) is 2.49. The second kappa shape index (κ2) is 6.19. The summed E-state index contributed by atoms with van der Waals surface area (Å²) in [6, 6.07) is 11.6. The molecule has 0 bridgehead atoms. The van der Waals surface area contributed by atoms with E-state index in [1.807, 2.05) is 12.1 Å². The molecule has 2 rings (SSSR count). The highest BCUT2D eigenvalue weighted by Gasteiger charge is 2.10. The fourth-order valence-electron chi connectivity index (χ4n) is 1.79. The Morgan fingerprint density at radius 3 is 2.45 bits per heavy atom. The SMILES string of the molecule is CCc1ccc(Oc2ccc(C(=O)NC)cc2F)cc1. The molecule has 3 nitrogen and oxygen atoms in total. The molecule has 0 aliphatic rings. The Bertz CT molecular complexity index is 608. The van der Waals surface area contributed by atoms with Crippen molar-refractivity contribution in [1.29, 1.82) is 0 Å². The van der Waals surface area contributed by atoms with Gasteiger partial charge in [-0.3, -0.25) is 4.79 Å². The molecule has 0 aliphatic heterocycles. The molecule has 0 spiro atoms. The second-order valence-electron chi connectivity index (χ2n) is 4.32. The smallest absolute Gasteiger partial charge is 0.251 e. The number of rotatable bonds is 4. The van der Waals surface area contributed by atoms with Crippen LogP contribution in [0.3, 0.4) is 0 Å². The number of carbonyl (C=O) groups is 1. The molecule has 20 heavy (non-hydrogen) atoms. The topological polar surface area (TPSA) is 38.3 Å². The first-order chi connectivity index (χ1) is 9.63. The van der Waals surface area contributed by atoms with Gasteiger partial charge in [-0.15, -0.1) is 0 Å². The molecule has 104 valence electrons. The van der Waals surface area contributed by atoms with Crippen molar-refractivity contribution < 1.29 is 13.9 Å². The Kier molecular flexibility index (Phi) is 4.35. The standard InChI is InChI=1S/C16H16FNO2/c1-3-11-4-7-13(8-5-11)20-15-9-6-12(10-14(15)17)16(19)18-2/h4-10H,3H2,1-2H3,(H,18,19). The monoisotopic (exact) mass is 273 g/mol.